The van der Waals surface area contributed by atoms with Gasteiger partial charge >= 0.3 is 0 Å². The molecule has 2 aliphatic carbocycles. The van der Waals surface area contributed by atoms with Crippen molar-refractivity contribution < 1.29 is 0 Å². The third-order valence-corrected chi connectivity index (χ3v) is 4.09. The number of hydrogen-bond donors (Lipinski definition) is 3. The molecule has 3 atom stereocenters. The first kappa shape index (κ1) is 8.48. The first-order valence-electron chi connectivity index (χ1n) is 4.53. The minimum absolute atomic E-state index is 0.159. The van der Waals surface area contributed by atoms with Crippen molar-refractivity contribution in [2.75, 3.05) is 0 Å². The van der Waals surface area contributed by atoms with Gasteiger partial charge in [0.1, 0.15) is 6.17 Å². The van der Waals surface area contributed by atoms with Gasteiger partial charge in [-0.25, -0.2) is 0 Å². The molecule has 2 radical (unpaired) electrons. The van der Waals surface area contributed by atoms with Crippen molar-refractivity contribution in [3.05, 3.63) is 13.1 Å². The van der Waals surface area contributed by atoms with Gasteiger partial charge < -0.3 is 17.2 Å². The Hall–Kier alpha value is -0.120. The Morgan fingerprint density at radius 2 is 1.92 bits per heavy atom. The third kappa shape index (κ3) is 0.679. The zero-order chi connectivity index (χ0) is 8.98. The molecule has 12 heavy (non-hydrogen) atoms. The molecular formula is C9H17N3. The molecule has 2 aliphatic rings. The van der Waals surface area contributed by atoms with E-state index in [2.05, 4.69) is 6.92 Å². The van der Waals surface area contributed by atoms with E-state index >= 15 is 0 Å². The van der Waals surface area contributed by atoms with Gasteiger partial charge in [0.2, 0.25) is 0 Å². The van der Waals surface area contributed by atoms with Crippen molar-refractivity contribution in [2.24, 2.45) is 28.5 Å². The predicted molar refractivity (Wildman–Crippen MR) is 48.3 cm³/mol. The summed E-state index contributed by atoms with van der Waals surface area (Å²) in [6, 6.07) is 0. The average Bonchev–Trinajstić information content (AvgIpc) is 1.98. The summed E-state index contributed by atoms with van der Waals surface area (Å²) in [6.45, 7) is 4.09. The molecule has 68 valence electrons. The summed E-state index contributed by atoms with van der Waals surface area (Å²) in [7, 11) is 0. The molecule has 0 aromatic rings. The topological polar surface area (TPSA) is 78.1 Å². The van der Waals surface area contributed by atoms with Gasteiger partial charge in [-0.3, -0.25) is 0 Å². The molecule has 3 nitrogen and oxygen atoms in total. The lowest BCUT2D eigenvalue weighted by Crippen LogP contribution is -2.75. The van der Waals surface area contributed by atoms with Crippen LogP contribution in [0, 0.1) is 24.4 Å². The van der Waals surface area contributed by atoms with Crippen LogP contribution in [0.2, 0.25) is 0 Å². The SMILES string of the molecule is [CH2]C1CCC12CCC2(N)[C](N)N. The monoisotopic (exact) mass is 167 g/mol. The first-order chi connectivity index (χ1) is 5.53. The van der Waals surface area contributed by atoms with Crippen molar-refractivity contribution in [3.8, 4) is 0 Å². The zero-order valence-electron chi connectivity index (χ0n) is 7.34. The van der Waals surface area contributed by atoms with Gasteiger partial charge in [0.05, 0.1) is 5.54 Å². The summed E-state index contributed by atoms with van der Waals surface area (Å²) in [5.41, 5.74) is 17.1. The molecule has 0 aliphatic heterocycles. The van der Waals surface area contributed by atoms with Crippen molar-refractivity contribution in [3.63, 3.8) is 0 Å². The van der Waals surface area contributed by atoms with E-state index in [1.54, 1.807) is 0 Å². The van der Waals surface area contributed by atoms with E-state index in [1.807, 2.05) is 0 Å². The van der Waals surface area contributed by atoms with Crippen LogP contribution < -0.4 is 17.2 Å². The quantitative estimate of drug-likeness (QED) is 0.519. The Bertz CT molecular complexity index is 188. The zero-order valence-corrected chi connectivity index (χ0v) is 7.34. The van der Waals surface area contributed by atoms with Gasteiger partial charge in [0.15, 0.2) is 0 Å². The van der Waals surface area contributed by atoms with Crippen molar-refractivity contribution in [2.45, 2.75) is 31.2 Å². The number of hydrogen-bond acceptors (Lipinski definition) is 3. The Morgan fingerprint density at radius 3 is 2.00 bits per heavy atom. The largest absolute Gasteiger partial charge is 0.322 e. The molecule has 0 amide bonds. The summed E-state index contributed by atoms with van der Waals surface area (Å²) in [5, 5.41) is 0. The Balaban J connectivity index is 2.19. The summed E-state index contributed by atoms with van der Waals surface area (Å²) in [6.07, 6.45) is 4.81. The summed E-state index contributed by atoms with van der Waals surface area (Å²) >= 11 is 0. The molecule has 2 saturated carbocycles. The Labute approximate surface area is 73.7 Å². The molecule has 0 heterocycles. The number of rotatable bonds is 1. The second-order valence-electron chi connectivity index (χ2n) is 4.32. The molecule has 2 fully saturated rings. The van der Waals surface area contributed by atoms with E-state index < -0.39 is 5.54 Å². The lowest BCUT2D eigenvalue weighted by molar-refractivity contribution is -0.106. The maximum Gasteiger partial charge on any atom is 0.116 e. The van der Waals surface area contributed by atoms with E-state index in [4.69, 9.17) is 17.2 Å². The smallest absolute Gasteiger partial charge is 0.116 e. The van der Waals surface area contributed by atoms with Gasteiger partial charge in [-0.15, -0.1) is 0 Å². The molecule has 3 unspecified atom stereocenters. The van der Waals surface area contributed by atoms with E-state index in [9.17, 15) is 0 Å². The van der Waals surface area contributed by atoms with Crippen LogP contribution in [0.25, 0.3) is 0 Å². The van der Waals surface area contributed by atoms with Crippen molar-refractivity contribution in [1.29, 1.82) is 0 Å². The average molecular weight is 167 g/mol. The highest BCUT2D eigenvalue weighted by Crippen LogP contribution is 2.65. The minimum atomic E-state index is -0.405. The fourth-order valence-electron chi connectivity index (χ4n) is 2.76. The van der Waals surface area contributed by atoms with Crippen LogP contribution in [0.15, 0.2) is 0 Å². The van der Waals surface area contributed by atoms with Gasteiger partial charge in [-0.2, -0.15) is 0 Å². The van der Waals surface area contributed by atoms with Gasteiger partial charge in [-0.1, -0.05) is 0 Å². The fourth-order valence-corrected chi connectivity index (χ4v) is 2.76. The molecule has 1 spiro atoms. The molecule has 6 N–H and O–H groups in total. The lowest BCUT2D eigenvalue weighted by Gasteiger charge is -2.67. The summed E-state index contributed by atoms with van der Waals surface area (Å²) in [5.74, 6) is 0.457. The van der Waals surface area contributed by atoms with Crippen molar-refractivity contribution in [1.82, 2.24) is 0 Å². The van der Waals surface area contributed by atoms with Gasteiger partial charge in [0, 0.05) is 0 Å². The number of nitrogens with two attached hydrogens (primary N) is 3. The highest BCUT2D eigenvalue weighted by molar-refractivity contribution is 5.26. The molecule has 0 aromatic carbocycles. The molecule has 2 rings (SSSR count). The van der Waals surface area contributed by atoms with E-state index in [0.29, 0.717) is 12.1 Å². The van der Waals surface area contributed by atoms with Crippen LogP contribution in [0.3, 0.4) is 0 Å². The summed E-state index contributed by atoms with van der Waals surface area (Å²) in [4.78, 5) is 0. The molecule has 3 heteroatoms. The van der Waals surface area contributed by atoms with Crippen LogP contribution >= 0.6 is 0 Å². The minimum Gasteiger partial charge on any atom is -0.322 e. The first-order valence-corrected chi connectivity index (χ1v) is 4.53. The Morgan fingerprint density at radius 1 is 1.25 bits per heavy atom. The van der Waals surface area contributed by atoms with Crippen molar-refractivity contribution >= 4 is 0 Å². The van der Waals surface area contributed by atoms with Gasteiger partial charge in [-0.05, 0) is 43.9 Å². The normalized spacial score (nSPS) is 52.2. The van der Waals surface area contributed by atoms with Gasteiger partial charge in [0.25, 0.3) is 0 Å². The van der Waals surface area contributed by atoms with Crippen LogP contribution in [-0.4, -0.2) is 5.54 Å². The fraction of sp³-hybridized carbons (Fsp3) is 0.778. The maximum absolute atomic E-state index is 6.15. The van der Waals surface area contributed by atoms with Crippen LogP contribution in [0.4, 0.5) is 0 Å². The third-order valence-electron chi connectivity index (χ3n) is 4.09. The van der Waals surface area contributed by atoms with E-state index in [-0.39, 0.29) is 5.41 Å². The van der Waals surface area contributed by atoms with E-state index in [0.717, 1.165) is 19.3 Å². The maximum atomic E-state index is 6.15. The van der Waals surface area contributed by atoms with E-state index in [1.165, 1.54) is 6.42 Å². The summed E-state index contributed by atoms with van der Waals surface area (Å²) < 4.78 is 0. The highest BCUT2D eigenvalue weighted by atomic mass is 15.0. The van der Waals surface area contributed by atoms with Crippen LogP contribution in [0.5, 0.6) is 0 Å². The molecule has 0 aromatic heterocycles. The predicted octanol–water partition coefficient (Wildman–Crippen LogP) is 0.115. The second-order valence-corrected chi connectivity index (χ2v) is 4.32. The molecule has 0 saturated heterocycles. The van der Waals surface area contributed by atoms with Crippen LogP contribution in [-0.2, 0) is 0 Å². The Kier molecular flexibility index (Phi) is 1.57. The highest BCUT2D eigenvalue weighted by Gasteiger charge is 2.65. The molecule has 0 bridgehead atoms. The lowest BCUT2D eigenvalue weighted by atomic mass is 9.41. The second kappa shape index (κ2) is 2.22. The van der Waals surface area contributed by atoms with Crippen LogP contribution in [0.1, 0.15) is 25.7 Å². The standard InChI is InChI=1S/C9H17N3/c1-6-2-3-8(6)4-5-9(8,12)7(10)11/h6H,1-5,10-12H2. The molecular weight excluding hydrogens is 150 g/mol.